The van der Waals surface area contributed by atoms with Crippen LogP contribution < -0.4 is 10.2 Å². The molecule has 0 fully saturated rings. The van der Waals surface area contributed by atoms with Gasteiger partial charge in [0, 0.05) is 263 Å². The predicted molar refractivity (Wildman–Crippen MR) is 624 cm³/mol. The lowest BCUT2D eigenvalue weighted by atomic mass is 9.79. The Bertz CT molecular complexity index is 8870. The Labute approximate surface area is 890 Å². The zero-order valence-electron chi connectivity index (χ0n) is 78.3. The molecule has 2 heterocycles. The highest BCUT2D eigenvalue weighted by molar-refractivity contribution is 7.85. The molecular formula is C127H126N3O12PS. The molecule has 144 heavy (non-hydrogen) atoms. The van der Waals surface area contributed by atoms with Crippen molar-refractivity contribution in [1.82, 2.24) is 5.32 Å². The Hall–Kier alpha value is -22.0. The van der Waals surface area contributed by atoms with Crippen LogP contribution >= 0.6 is 7.82 Å². The number of rotatable bonds is 22. The van der Waals surface area contributed by atoms with E-state index in [0.29, 0.717) is 13.0 Å². The number of hydrogen-bond acceptors (Lipinski definition) is 12. The summed E-state index contributed by atoms with van der Waals surface area (Å²) in [4.78, 5) is 51.5. The molecule has 15 nitrogen and oxygen atoms in total. The maximum absolute atomic E-state index is 13.5. The Kier molecular flexibility index (Phi) is 54.5. The summed E-state index contributed by atoms with van der Waals surface area (Å²) in [6.07, 6.45) is 13.1. The molecule has 0 spiro atoms. The molecule has 0 radical (unpaired) electrons. The molecular weight excluding hydrogens is 1820 g/mol. The quantitative estimate of drug-likeness (QED) is 0.0110. The zero-order valence-corrected chi connectivity index (χ0v) is 80.0. The van der Waals surface area contributed by atoms with Crippen LogP contribution in [0.15, 0.2) is 121 Å². The predicted octanol–water partition coefficient (Wildman–Crippen LogP) is 16.7. The van der Waals surface area contributed by atoms with E-state index in [1.165, 1.54) is 5.56 Å². The van der Waals surface area contributed by atoms with E-state index in [-0.39, 0.29) is 74.6 Å². The molecule has 2 N–H and O–H groups in total. The maximum Gasteiger partial charge on any atom is 0.472 e. The average molecular weight is 1950 g/mol. The Balaban J connectivity index is -0.000000108. The number of anilines is 1. The van der Waals surface area contributed by atoms with E-state index in [2.05, 4.69) is 529 Å². The third kappa shape index (κ3) is 48.6. The average Bonchev–Trinajstić information content (AvgIpc) is 1.57. The molecule has 0 saturated carbocycles. The summed E-state index contributed by atoms with van der Waals surface area (Å²) in [6, 6.07) is 24.7. The molecule has 0 aliphatic carbocycles. The number of ether oxygens (including phenoxy) is 2. The number of unbranched alkanes of at least 4 members (excludes halogenated alkanes) is 1. The minimum atomic E-state index is -4.91. The van der Waals surface area contributed by atoms with Gasteiger partial charge in [-0.2, -0.15) is 4.58 Å². The molecule has 4 aromatic carbocycles. The molecule has 0 bridgehead atoms. The van der Waals surface area contributed by atoms with E-state index in [1.54, 1.807) is 27.7 Å². The summed E-state index contributed by atoms with van der Waals surface area (Å²) in [5.74, 6) is 180. The highest BCUT2D eigenvalue weighted by Gasteiger charge is 2.46. The van der Waals surface area contributed by atoms with Crippen molar-refractivity contribution in [3.05, 3.63) is 132 Å². The van der Waals surface area contributed by atoms with Crippen LogP contribution in [0, 0.1) is 438 Å². The molecule has 0 aromatic heterocycles. The largest absolute Gasteiger partial charge is 0.748 e. The molecule has 2 aliphatic heterocycles. The van der Waals surface area contributed by atoms with E-state index in [4.69, 9.17) is 18.5 Å². The number of carbonyl (C=O) groups excluding carboxylic acids is 3. The lowest BCUT2D eigenvalue weighted by molar-refractivity contribution is -0.438. The van der Waals surface area contributed by atoms with Gasteiger partial charge in [0.05, 0.1) is 28.7 Å². The number of hydrogen-bond donors (Lipinski definition) is 2. The van der Waals surface area contributed by atoms with Gasteiger partial charge in [0.15, 0.2) is 11.8 Å². The number of fused-ring (bicyclic) bond motifs is 6. The number of carbonyl (C=O) groups is 3. The molecule has 0 saturated heterocycles. The second kappa shape index (κ2) is 69.8. The number of amides is 1. The fourth-order valence-electron chi connectivity index (χ4n) is 11.3. The molecule has 17 heteroatoms. The fraction of sp³-hybridized carbons (Fsp3) is 0.165. The third-order valence-electron chi connectivity index (χ3n) is 16.7. The Morgan fingerprint density at radius 3 is 1.15 bits per heavy atom. The summed E-state index contributed by atoms with van der Waals surface area (Å²) < 4.78 is 70.2. The van der Waals surface area contributed by atoms with Crippen molar-refractivity contribution >= 4 is 74.4 Å². The van der Waals surface area contributed by atoms with Crippen molar-refractivity contribution in [2.45, 2.75) is 91.6 Å². The van der Waals surface area contributed by atoms with Crippen LogP contribution in [-0.2, 0) is 58.4 Å². The fourth-order valence-corrected chi connectivity index (χ4v) is 12.6. The van der Waals surface area contributed by atoms with Crippen LogP contribution in [-0.4, -0.2) is 97.3 Å². The first kappa shape index (κ1) is 112. The van der Waals surface area contributed by atoms with Gasteiger partial charge in [-0.25, -0.2) is 22.6 Å². The normalized spacial score (nSPS) is 10.3. The topological polar surface area (TPSA) is 201 Å². The van der Waals surface area contributed by atoms with Crippen molar-refractivity contribution in [2.24, 2.45) is 0 Å². The SMILES string of the molecule is CC#CC#CC#CC#CC#CC#CC#CC#CC#CC#CC#CC#CC#CC#CC#CC#CC#CC#CC#CC#CC#CC.CC#CC#CC#CC#CC#CC#CC#CC#CC(=O)OCC(COP(=O)(O)OCCNC(=O)CCN1/C(=C/C=C/C=C/C=C/C2=[N+](CCCCS(=O)(=O)[O-])c3ccc4ccccc4c3C2(C)C)C(C)(C)c2c1ccc1ccccc21)OC(=O)C#CC#CC#CC#CC#CC#CC#CC#CC.[HH].[HH].[HH].[HH].[HH].[HH].[HH].[HH].[HH].[HH].[HH].[HH].[HH].[HH].[HH].[HH].[HH].[HH].[HH].[HH].[HH].[HH].[HH].[HH].[HH].[HH].[HH].[HH].[HH].[HH]. The zero-order chi connectivity index (χ0) is 104. The standard InChI is InChI=1S/C83H60N3O12PS.C44H6.30H2/c1-7-9-11-13-15-17-19-21-23-25-27-29-31-36-40-54-78(88)95-66-70(98-79(89)55-41-37-32-30-28-26-24-22-20-18-16-14-12-10-8-2)67-97-99(90,91)96-64-61-84-77(87)60-63-86-74-59-57-69-49-43-45-51-72(69)81(74)83(5,6)76(86)53-39-35-33-34-38-52-75-82(3,4)80-71-50-44-42-48-68(71)56-58-73(80)85(75)62-46-47-65-100(92,93)94;1-3-5-7-9-11-13-15-17-19-21-23-25-27-29-31-33-35-37-39-41-43-44-42-40-38-36-34-32-30-28-26-24-22-20-18-16-14-12-10-8-6-4-2;;;;;;;;;;;;;;;;;;;;;;;;;;;;;;/h33-35,38-39,42-45,48-53,56-59,70H,46-47,60-67H2,1-6H3,(H2-,84,87,90,91,92,93,94);1-2H3;30*1H. The van der Waals surface area contributed by atoms with Gasteiger partial charge in [-0.05, 0) is 354 Å². The minimum absolute atomic E-state index is 0. The molecule has 1 amide bonds. The number of allylic oxidation sites excluding steroid dienone is 8. The van der Waals surface area contributed by atoms with E-state index >= 15 is 0 Å². The first-order valence-electron chi connectivity index (χ1n) is 41.8. The van der Waals surface area contributed by atoms with Gasteiger partial charge < -0.3 is 29.1 Å². The van der Waals surface area contributed by atoms with Crippen LogP contribution in [0.4, 0.5) is 11.4 Å². The highest BCUT2D eigenvalue weighted by atomic mass is 32.2. The number of nitrogens with zero attached hydrogens (tertiary/aromatic N) is 2. The number of esters is 2. The third-order valence-corrected chi connectivity index (χ3v) is 18.5. The van der Waals surface area contributed by atoms with Crippen LogP contribution in [0.25, 0.3) is 21.5 Å². The highest BCUT2D eigenvalue weighted by Crippen LogP contribution is 2.51. The summed E-state index contributed by atoms with van der Waals surface area (Å²) in [5.41, 5.74) is 5.35. The molecule has 2 unspecified atom stereocenters. The van der Waals surface area contributed by atoms with E-state index in [1.807, 2.05) is 66.8 Å². The number of nitrogens with one attached hydrogen (secondary N) is 1. The molecule has 732 valence electrons. The first-order chi connectivity index (χ1) is 70.2. The van der Waals surface area contributed by atoms with Gasteiger partial charge in [-0.15, -0.1) is 0 Å². The van der Waals surface area contributed by atoms with Crippen LogP contribution in [0.2, 0.25) is 0 Å². The summed E-state index contributed by atoms with van der Waals surface area (Å²) in [6.45, 7) is 13.9. The van der Waals surface area contributed by atoms with Gasteiger partial charge >= 0.3 is 19.8 Å². The lowest BCUT2D eigenvalue weighted by Gasteiger charge is -2.27. The van der Waals surface area contributed by atoms with Crippen LogP contribution in [0.3, 0.4) is 0 Å². The van der Waals surface area contributed by atoms with Gasteiger partial charge in [0.2, 0.25) is 11.6 Å². The first-order valence-corrected chi connectivity index (χ1v) is 44.8. The summed E-state index contributed by atoms with van der Waals surface area (Å²) >= 11 is 0. The Morgan fingerprint density at radius 1 is 0.424 bits per heavy atom. The van der Waals surface area contributed by atoms with Crippen molar-refractivity contribution in [3.8, 4) is 438 Å². The molecule has 6 rings (SSSR count). The van der Waals surface area contributed by atoms with E-state index in [9.17, 15) is 36.8 Å². The van der Waals surface area contributed by atoms with Gasteiger partial charge in [0.25, 0.3) is 0 Å². The van der Waals surface area contributed by atoms with Crippen molar-refractivity contribution in [1.29, 1.82) is 0 Å². The van der Waals surface area contributed by atoms with E-state index < -0.39 is 72.4 Å². The van der Waals surface area contributed by atoms with Crippen molar-refractivity contribution in [3.63, 3.8) is 0 Å². The van der Waals surface area contributed by atoms with Crippen LogP contribution in [0.5, 0.6) is 0 Å². The number of benzene rings is 4. The monoisotopic (exact) mass is 1950 g/mol. The summed E-state index contributed by atoms with van der Waals surface area (Å²) in [5, 5.41) is 7.12. The van der Waals surface area contributed by atoms with E-state index in [0.717, 1.165) is 49.9 Å². The van der Waals surface area contributed by atoms with Crippen molar-refractivity contribution < 1.29 is 103 Å². The summed E-state index contributed by atoms with van der Waals surface area (Å²) in [7, 11) is -9.24. The minimum Gasteiger partial charge on any atom is -0.748 e. The van der Waals surface area contributed by atoms with Crippen molar-refractivity contribution in [2.75, 3.05) is 50.1 Å². The van der Waals surface area contributed by atoms with Crippen LogP contribution in [0.1, 0.15) is 129 Å². The van der Waals surface area contributed by atoms with Gasteiger partial charge in [0.1, 0.15) is 13.2 Å². The lowest BCUT2D eigenvalue weighted by Crippen LogP contribution is -2.33. The van der Waals surface area contributed by atoms with Gasteiger partial charge in [-0.1, -0.05) is 123 Å². The second-order valence-corrected chi connectivity index (χ2v) is 30.0. The molecule has 2 aliphatic rings. The smallest absolute Gasteiger partial charge is 0.472 e. The molecule has 2 atom stereocenters. The number of phosphoric acid groups is 1. The van der Waals surface area contributed by atoms with Gasteiger partial charge in [-0.3, -0.25) is 13.8 Å². The second-order valence-electron chi connectivity index (χ2n) is 27.0. The molecule has 4 aromatic rings. The maximum atomic E-state index is 13.5. The Morgan fingerprint density at radius 2 is 0.764 bits per heavy atom. The number of phosphoric ester groups is 1.